The Bertz CT molecular complexity index is 843. The highest BCUT2D eigenvalue weighted by Gasteiger charge is 2.02. The smallest absolute Gasteiger partial charge is 0.123 e. The minimum absolute atomic E-state index is 0. The van der Waals surface area contributed by atoms with E-state index in [1.54, 1.807) is 14.2 Å². The van der Waals surface area contributed by atoms with Crippen molar-refractivity contribution in [1.29, 1.82) is 0 Å². The van der Waals surface area contributed by atoms with Gasteiger partial charge < -0.3 is 30.7 Å². The van der Waals surface area contributed by atoms with Crippen LogP contribution in [0.25, 0.3) is 0 Å². The van der Waals surface area contributed by atoms with Crippen LogP contribution in [-0.4, -0.2) is 53.5 Å². The van der Waals surface area contributed by atoms with Crippen LogP contribution >= 0.6 is 49.6 Å². The van der Waals surface area contributed by atoms with Crippen molar-refractivity contribution in [1.82, 2.24) is 21.3 Å². The molecule has 4 N–H and O–H groups in total. The van der Waals surface area contributed by atoms with Gasteiger partial charge in [-0.25, -0.2) is 0 Å². The minimum Gasteiger partial charge on any atom is -0.496 e. The molecule has 0 spiro atoms. The van der Waals surface area contributed by atoms with Crippen LogP contribution in [-0.2, 0) is 13.1 Å². The van der Waals surface area contributed by atoms with E-state index in [0.29, 0.717) is 0 Å². The Morgan fingerprint density at radius 2 is 0.617 bits per heavy atom. The van der Waals surface area contributed by atoms with Gasteiger partial charge in [0.25, 0.3) is 0 Å². The lowest BCUT2D eigenvalue weighted by molar-refractivity contribution is 0.407. The molecule has 47 heavy (non-hydrogen) atoms. The van der Waals surface area contributed by atoms with Crippen LogP contribution in [0, 0.1) is 0 Å². The van der Waals surface area contributed by atoms with Gasteiger partial charge in [0.05, 0.1) is 14.2 Å². The van der Waals surface area contributed by atoms with Gasteiger partial charge in [0.15, 0.2) is 0 Å². The average molecular weight is 743 g/mol. The summed E-state index contributed by atoms with van der Waals surface area (Å²) in [6, 6.07) is 16.5. The molecule has 10 heteroatoms. The zero-order valence-corrected chi connectivity index (χ0v) is 32.6. The third-order valence-electron chi connectivity index (χ3n) is 8.14. The summed E-state index contributed by atoms with van der Waals surface area (Å²) >= 11 is 0. The second kappa shape index (κ2) is 37.9. The molecule has 2 aromatic rings. The molecule has 0 aromatic heterocycles. The lowest BCUT2D eigenvalue weighted by atomic mass is 10.1. The number of benzene rings is 2. The van der Waals surface area contributed by atoms with Gasteiger partial charge in [-0.3, -0.25) is 0 Å². The van der Waals surface area contributed by atoms with Crippen molar-refractivity contribution < 1.29 is 9.47 Å². The molecule has 0 radical (unpaired) electrons. The molecule has 0 saturated carbocycles. The van der Waals surface area contributed by atoms with E-state index >= 15 is 0 Å². The third kappa shape index (κ3) is 27.5. The Hall–Kier alpha value is -0.960. The lowest BCUT2D eigenvalue weighted by Crippen LogP contribution is -2.17. The van der Waals surface area contributed by atoms with Crippen LogP contribution in [0.5, 0.6) is 11.5 Å². The van der Waals surface area contributed by atoms with E-state index in [-0.39, 0.29) is 49.6 Å². The van der Waals surface area contributed by atoms with E-state index in [1.165, 1.54) is 134 Å². The first-order valence-electron chi connectivity index (χ1n) is 17.4. The summed E-state index contributed by atoms with van der Waals surface area (Å²) in [5.41, 5.74) is 2.47. The number of hydrogen-bond donors (Lipinski definition) is 4. The third-order valence-corrected chi connectivity index (χ3v) is 8.14. The molecule has 0 bridgehead atoms. The van der Waals surface area contributed by atoms with Crippen molar-refractivity contribution in [3.8, 4) is 11.5 Å². The Morgan fingerprint density at radius 1 is 0.362 bits per heavy atom. The fourth-order valence-electron chi connectivity index (χ4n) is 5.49. The molecule has 0 fully saturated rings. The van der Waals surface area contributed by atoms with Gasteiger partial charge in [0.1, 0.15) is 11.5 Å². The minimum atomic E-state index is 0. The van der Waals surface area contributed by atoms with Gasteiger partial charge in [-0.1, -0.05) is 94.2 Å². The van der Waals surface area contributed by atoms with Crippen LogP contribution in [0.15, 0.2) is 48.5 Å². The van der Waals surface area contributed by atoms with Crippen LogP contribution in [0.2, 0.25) is 0 Å². The standard InChI is InChI=1S/C37H64N4O2.4ClH/c1-42-36-24-14-12-22-34(36)32-40-30-20-10-8-18-28-38-26-16-6-4-3-5-7-17-27-39-29-19-9-11-21-31-41-33-35-23-13-15-25-37(35)43-2;;;;/h12-15,22-25,38-41H,3-11,16-21,26-33H2,1-2H3;4*1H. The first-order chi connectivity index (χ1) is 21.3. The Labute approximate surface area is 313 Å². The highest BCUT2D eigenvalue weighted by atomic mass is 35.5. The second-order valence-corrected chi connectivity index (χ2v) is 11.8. The molecule has 0 heterocycles. The highest BCUT2D eigenvalue weighted by Crippen LogP contribution is 2.17. The number of ether oxygens (including phenoxy) is 2. The maximum Gasteiger partial charge on any atom is 0.123 e. The number of halogens is 4. The number of rotatable bonds is 30. The second-order valence-electron chi connectivity index (χ2n) is 11.8. The van der Waals surface area contributed by atoms with Crippen molar-refractivity contribution in [3.05, 3.63) is 59.7 Å². The molecule has 6 nitrogen and oxygen atoms in total. The summed E-state index contributed by atoms with van der Waals surface area (Å²) in [7, 11) is 3.48. The van der Waals surface area contributed by atoms with E-state index in [1.807, 2.05) is 24.3 Å². The maximum atomic E-state index is 5.41. The van der Waals surface area contributed by atoms with E-state index in [2.05, 4.69) is 45.5 Å². The molecule has 0 unspecified atom stereocenters. The summed E-state index contributed by atoms with van der Waals surface area (Å²) in [4.78, 5) is 0. The average Bonchev–Trinajstić information content (AvgIpc) is 3.04. The van der Waals surface area contributed by atoms with Gasteiger partial charge in [0, 0.05) is 24.2 Å². The fraction of sp³-hybridized carbons (Fsp3) is 0.676. The molecule has 0 aliphatic heterocycles. The summed E-state index contributed by atoms with van der Waals surface area (Å²) in [6.45, 7) is 8.63. The van der Waals surface area contributed by atoms with Crippen molar-refractivity contribution in [2.75, 3.05) is 53.5 Å². The molecule has 2 rings (SSSR count). The zero-order valence-electron chi connectivity index (χ0n) is 29.3. The number of nitrogens with one attached hydrogen (secondary N) is 4. The fourth-order valence-corrected chi connectivity index (χ4v) is 5.49. The number of methoxy groups -OCH3 is 2. The normalized spacial score (nSPS) is 10.3. The van der Waals surface area contributed by atoms with Crippen LogP contribution in [0.4, 0.5) is 0 Å². The predicted molar refractivity (Wildman–Crippen MR) is 213 cm³/mol. The Morgan fingerprint density at radius 3 is 0.915 bits per heavy atom. The number of para-hydroxylation sites is 2. The Balaban J connectivity index is -0.00000484. The lowest BCUT2D eigenvalue weighted by Gasteiger charge is -2.09. The molecule has 0 atom stereocenters. The van der Waals surface area contributed by atoms with Crippen LogP contribution in [0.1, 0.15) is 107 Å². The predicted octanol–water partition coefficient (Wildman–Crippen LogP) is 9.30. The van der Waals surface area contributed by atoms with Gasteiger partial charge in [-0.05, 0) is 89.9 Å². The van der Waals surface area contributed by atoms with E-state index < -0.39 is 0 Å². The van der Waals surface area contributed by atoms with Gasteiger partial charge in [-0.15, -0.1) is 49.6 Å². The van der Waals surface area contributed by atoms with E-state index in [4.69, 9.17) is 9.47 Å². The van der Waals surface area contributed by atoms with Gasteiger partial charge >= 0.3 is 0 Å². The topological polar surface area (TPSA) is 66.6 Å². The molecule has 2 aromatic carbocycles. The van der Waals surface area contributed by atoms with Crippen LogP contribution in [0.3, 0.4) is 0 Å². The van der Waals surface area contributed by atoms with Crippen molar-refractivity contribution in [2.24, 2.45) is 0 Å². The highest BCUT2D eigenvalue weighted by molar-refractivity contribution is 5.86. The summed E-state index contributed by atoms with van der Waals surface area (Å²) in [6.07, 6.45) is 19.9. The maximum absolute atomic E-state index is 5.41. The SMILES string of the molecule is COc1ccccc1CNCCCCCCNCCCCCCCCCNCCCCCCNCc1ccccc1OC.Cl.Cl.Cl.Cl. The first-order valence-corrected chi connectivity index (χ1v) is 17.4. The molecule has 0 amide bonds. The van der Waals surface area contributed by atoms with Crippen molar-refractivity contribution in [3.63, 3.8) is 0 Å². The molecule has 0 aliphatic carbocycles. The molecule has 0 aliphatic rings. The summed E-state index contributed by atoms with van der Waals surface area (Å²) < 4.78 is 10.8. The largest absolute Gasteiger partial charge is 0.496 e. The first kappa shape index (κ1) is 50.4. The van der Waals surface area contributed by atoms with Crippen molar-refractivity contribution in [2.45, 2.75) is 109 Å². The monoisotopic (exact) mass is 740 g/mol. The number of unbranched alkanes of at least 4 members (excludes halogenated alkanes) is 12. The molecule has 0 saturated heterocycles. The molecular formula is C37H68Cl4N4O2. The van der Waals surface area contributed by atoms with Gasteiger partial charge in [0.2, 0.25) is 0 Å². The molecular weight excluding hydrogens is 674 g/mol. The summed E-state index contributed by atoms with van der Waals surface area (Å²) in [5, 5.41) is 14.4. The zero-order chi connectivity index (χ0) is 30.5. The number of hydrogen-bond acceptors (Lipinski definition) is 6. The van der Waals surface area contributed by atoms with E-state index in [9.17, 15) is 0 Å². The quantitative estimate of drug-likeness (QED) is 0.0599. The van der Waals surface area contributed by atoms with Crippen molar-refractivity contribution >= 4 is 49.6 Å². The molecule has 276 valence electrons. The Kier molecular flexibility index (Phi) is 40.6. The van der Waals surface area contributed by atoms with Crippen LogP contribution < -0.4 is 30.7 Å². The van der Waals surface area contributed by atoms with E-state index in [0.717, 1.165) is 37.7 Å². The summed E-state index contributed by atoms with van der Waals surface area (Å²) in [5.74, 6) is 1.95. The van der Waals surface area contributed by atoms with Gasteiger partial charge in [-0.2, -0.15) is 0 Å².